The Labute approximate surface area is 105 Å². The van der Waals surface area contributed by atoms with Gasteiger partial charge in [-0.25, -0.2) is 8.42 Å². The number of alkyl halides is 1. The summed E-state index contributed by atoms with van der Waals surface area (Å²) in [6.07, 6.45) is 1.93. The minimum absolute atomic E-state index is 0.381. The molecule has 6 heteroatoms. The average Bonchev–Trinajstić information content (AvgIpc) is 2.85. The van der Waals surface area contributed by atoms with E-state index in [0.29, 0.717) is 23.2 Å². The smallest absolute Gasteiger partial charge is 0.206 e. The Bertz CT molecular complexity index is 475. The molecule has 2 heterocycles. The molecule has 1 aliphatic heterocycles. The first-order valence-corrected chi connectivity index (χ1v) is 8.00. The van der Waals surface area contributed by atoms with E-state index in [1.54, 1.807) is 10.4 Å². The summed E-state index contributed by atoms with van der Waals surface area (Å²) in [5, 5.41) is 0. The molecular weight excluding hydrogens is 266 g/mol. The van der Waals surface area contributed by atoms with E-state index < -0.39 is 10.0 Å². The third-order valence-electron chi connectivity index (χ3n) is 2.78. The molecule has 1 aromatic rings. The first-order valence-electron chi connectivity index (χ1n) is 5.21. The van der Waals surface area contributed by atoms with E-state index in [-0.39, 0.29) is 0 Å². The van der Waals surface area contributed by atoms with Crippen LogP contribution in [0, 0.1) is 6.92 Å². The predicted octanol–water partition coefficient (Wildman–Crippen LogP) is 2.58. The molecule has 0 bridgehead atoms. The molecule has 1 aliphatic rings. The molecule has 0 unspecified atom stereocenters. The van der Waals surface area contributed by atoms with Gasteiger partial charge >= 0.3 is 0 Å². The summed E-state index contributed by atoms with van der Waals surface area (Å²) in [4.78, 5) is 0.944. The minimum atomic E-state index is -3.26. The summed E-state index contributed by atoms with van der Waals surface area (Å²) in [6.45, 7) is 3.20. The van der Waals surface area contributed by atoms with Crippen LogP contribution >= 0.6 is 22.9 Å². The number of sulfonamides is 1. The van der Waals surface area contributed by atoms with Gasteiger partial charge in [0.15, 0.2) is 0 Å². The molecule has 0 radical (unpaired) electrons. The van der Waals surface area contributed by atoms with Crippen molar-refractivity contribution in [2.75, 3.05) is 13.1 Å². The van der Waals surface area contributed by atoms with Crippen LogP contribution in [0.3, 0.4) is 0 Å². The molecule has 0 amide bonds. The van der Waals surface area contributed by atoms with E-state index in [1.165, 1.54) is 11.3 Å². The minimum Gasteiger partial charge on any atom is -0.206 e. The van der Waals surface area contributed by atoms with Gasteiger partial charge in [-0.15, -0.1) is 22.9 Å². The standard InChI is InChI=1S/C10H14ClNO2S2/c1-8-6-10(15-9(8)7-11)16(13,14)12-4-2-3-5-12/h6H,2-5,7H2,1H3. The van der Waals surface area contributed by atoms with E-state index in [9.17, 15) is 8.42 Å². The van der Waals surface area contributed by atoms with Gasteiger partial charge in [-0.1, -0.05) is 0 Å². The number of thiophene rings is 1. The van der Waals surface area contributed by atoms with Gasteiger partial charge in [0, 0.05) is 18.0 Å². The largest absolute Gasteiger partial charge is 0.252 e. The SMILES string of the molecule is Cc1cc(S(=O)(=O)N2CCCC2)sc1CCl. The van der Waals surface area contributed by atoms with Crippen LogP contribution in [0.4, 0.5) is 0 Å². The highest BCUT2D eigenvalue weighted by molar-refractivity contribution is 7.91. The lowest BCUT2D eigenvalue weighted by Crippen LogP contribution is -2.27. The number of rotatable bonds is 3. The third kappa shape index (κ3) is 2.14. The lowest BCUT2D eigenvalue weighted by atomic mass is 10.3. The summed E-state index contributed by atoms with van der Waals surface area (Å²) in [6, 6.07) is 1.73. The fraction of sp³-hybridized carbons (Fsp3) is 0.600. The number of aryl methyl sites for hydroxylation is 1. The van der Waals surface area contributed by atoms with Gasteiger partial charge in [-0.2, -0.15) is 4.31 Å². The number of hydrogen-bond acceptors (Lipinski definition) is 3. The molecule has 0 atom stereocenters. The Kier molecular flexibility index (Phi) is 3.59. The van der Waals surface area contributed by atoms with Crippen LogP contribution in [-0.4, -0.2) is 25.8 Å². The summed E-state index contributed by atoms with van der Waals surface area (Å²) < 4.78 is 26.4. The fourth-order valence-electron chi connectivity index (χ4n) is 1.80. The lowest BCUT2D eigenvalue weighted by molar-refractivity contribution is 0.479. The van der Waals surface area contributed by atoms with E-state index in [4.69, 9.17) is 11.6 Å². The van der Waals surface area contributed by atoms with Crippen molar-refractivity contribution in [1.29, 1.82) is 0 Å². The highest BCUT2D eigenvalue weighted by Gasteiger charge is 2.29. The van der Waals surface area contributed by atoms with Gasteiger partial charge in [0.25, 0.3) is 10.0 Å². The van der Waals surface area contributed by atoms with Crippen LogP contribution in [0.15, 0.2) is 10.3 Å². The van der Waals surface area contributed by atoms with E-state index >= 15 is 0 Å². The predicted molar refractivity (Wildman–Crippen MR) is 66.6 cm³/mol. The molecule has 1 saturated heterocycles. The van der Waals surface area contributed by atoms with Crippen molar-refractivity contribution in [2.45, 2.75) is 29.9 Å². The van der Waals surface area contributed by atoms with Crippen molar-refractivity contribution in [1.82, 2.24) is 4.31 Å². The van der Waals surface area contributed by atoms with Crippen molar-refractivity contribution in [3.63, 3.8) is 0 Å². The molecular formula is C10H14ClNO2S2. The van der Waals surface area contributed by atoms with Gasteiger partial charge in [0.2, 0.25) is 0 Å². The maximum Gasteiger partial charge on any atom is 0.252 e. The van der Waals surface area contributed by atoms with Gasteiger partial charge < -0.3 is 0 Å². The molecule has 90 valence electrons. The van der Waals surface area contributed by atoms with E-state index in [1.807, 2.05) is 6.92 Å². The molecule has 0 spiro atoms. The molecule has 2 rings (SSSR count). The van der Waals surface area contributed by atoms with Crippen molar-refractivity contribution < 1.29 is 8.42 Å². The quantitative estimate of drug-likeness (QED) is 0.798. The Morgan fingerprint density at radius 1 is 1.44 bits per heavy atom. The summed E-state index contributed by atoms with van der Waals surface area (Å²) >= 11 is 7.05. The first-order chi connectivity index (χ1) is 7.55. The summed E-state index contributed by atoms with van der Waals surface area (Å²) in [5.74, 6) is 0.381. The Morgan fingerprint density at radius 3 is 2.56 bits per heavy atom. The zero-order valence-electron chi connectivity index (χ0n) is 9.07. The second-order valence-electron chi connectivity index (χ2n) is 3.92. The topological polar surface area (TPSA) is 37.4 Å². The van der Waals surface area contributed by atoms with E-state index in [2.05, 4.69) is 0 Å². The molecule has 1 fully saturated rings. The van der Waals surface area contributed by atoms with Crippen molar-refractivity contribution >= 4 is 33.0 Å². The summed E-state index contributed by atoms with van der Waals surface area (Å²) in [7, 11) is -3.26. The highest BCUT2D eigenvalue weighted by atomic mass is 35.5. The number of hydrogen-bond donors (Lipinski definition) is 0. The Morgan fingerprint density at radius 2 is 2.06 bits per heavy atom. The van der Waals surface area contributed by atoms with Crippen molar-refractivity contribution in [3.8, 4) is 0 Å². The monoisotopic (exact) mass is 279 g/mol. The van der Waals surface area contributed by atoms with Gasteiger partial charge in [0.1, 0.15) is 4.21 Å². The van der Waals surface area contributed by atoms with Gasteiger partial charge in [0.05, 0.1) is 5.88 Å². The Balaban J connectivity index is 2.35. The molecule has 1 aromatic heterocycles. The normalized spacial score (nSPS) is 18.1. The third-order valence-corrected chi connectivity index (χ3v) is 6.79. The first kappa shape index (κ1) is 12.4. The second kappa shape index (κ2) is 4.64. The van der Waals surface area contributed by atoms with Crippen molar-refractivity contribution in [2.24, 2.45) is 0 Å². The second-order valence-corrected chi connectivity index (χ2v) is 7.49. The fourth-order valence-corrected chi connectivity index (χ4v) is 5.29. The van der Waals surface area contributed by atoms with Gasteiger partial charge in [-0.05, 0) is 31.4 Å². The molecule has 0 aromatic carbocycles. The molecule has 0 saturated carbocycles. The van der Waals surface area contributed by atoms with Crippen LogP contribution in [-0.2, 0) is 15.9 Å². The molecule has 0 N–H and O–H groups in total. The molecule has 0 aliphatic carbocycles. The lowest BCUT2D eigenvalue weighted by Gasteiger charge is -2.13. The maximum atomic E-state index is 12.2. The maximum absolute atomic E-state index is 12.2. The average molecular weight is 280 g/mol. The zero-order valence-corrected chi connectivity index (χ0v) is 11.5. The zero-order chi connectivity index (χ0) is 11.8. The van der Waals surface area contributed by atoms with Crippen molar-refractivity contribution in [3.05, 3.63) is 16.5 Å². The van der Waals surface area contributed by atoms with E-state index in [0.717, 1.165) is 23.3 Å². The molecule has 16 heavy (non-hydrogen) atoms. The van der Waals surface area contributed by atoms with Crippen LogP contribution in [0.25, 0.3) is 0 Å². The van der Waals surface area contributed by atoms with Crippen LogP contribution in [0.1, 0.15) is 23.3 Å². The highest BCUT2D eigenvalue weighted by Crippen LogP contribution is 2.30. The number of halogens is 1. The summed E-state index contributed by atoms with van der Waals surface area (Å²) in [5.41, 5.74) is 0.970. The number of nitrogens with zero attached hydrogens (tertiary/aromatic N) is 1. The van der Waals surface area contributed by atoms with Gasteiger partial charge in [-0.3, -0.25) is 0 Å². The van der Waals surface area contributed by atoms with Crippen LogP contribution in [0.2, 0.25) is 0 Å². The Hall–Kier alpha value is -0.100. The molecule has 3 nitrogen and oxygen atoms in total. The van der Waals surface area contributed by atoms with Crippen LogP contribution in [0.5, 0.6) is 0 Å². The van der Waals surface area contributed by atoms with Crippen LogP contribution < -0.4 is 0 Å².